The van der Waals surface area contributed by atoms with Crippen LogP contribution < -0.4 is 13.3 Å². The van der Waals surface area contributed by atoms with E-state index in [9.17, 15) is 0 Å². The summed E-state index contributed by atoms with van der Waals surface area (Å²) in [6.07, 6.45) is 1.74. The van der Waals surface area contributed by atoms with Crippen LogP contribution in [-0.4, -0.2) is 4.98 Å². The second-order valence-electron chi connectivity index (χ2n) is 2.87. The molecule has 0 aliphatic carbocycles. The first-order chi connectivity index (χ1) is 6.61. The predicted molar refractivity (Wildman–Crippen MR) is 66.5 cm³/mol. The molecule has 3 heteroatoms. The maximum absolute atomic E-state index is 4.26. The van der Waals surface area contributed by atoms with Gasteiger partial charge in [0.25, 0.3) is 0 Å². The minimum Gasteiger partial charge on any atom is -0.168 e. The van der Waals surface area contributed by atoms with Crippen LogP contribution in [0.3, 0.4) is 0 Å². The lowest BCUT2D eigenvalue weighted by molar-refractivity contribution is -0.468. The molecule has 0 aromatic carbocycles. The fourth-order valence-electron chi connectivity index (χ4n) is 0.889. The molecule has 0 saturated carbocycles. The molecule has 0 atom stereocenters. The van der Waals surface area contributed by atoms with E-state index < -0.39 is 0 Å². The largest absolute Gasteiger partial charge is 0.304 e. The lowest BCUT2D eigenvalue weighted by atomic mass is 10.4. The minimum absolute atomic E-state index is 0.881. The van der Waals surface area contributed by atoms with Gasteiger partial charge in [-0.15, -0.1) is 0 Å². The Bertz CT molecular complexity index is 481. The first-order valence-corrected chi connectivity index (χ1v) is 5.14. The lowest BCUT2D eigenvalue weighted by Crippen LogP contribution is -2.40. The van der Waals surface area contributed by atoms with Gasteiger partial charge in [0.15, 0.2) is 0 Å². The highest BCUT2D eigenvalue weighted by Crippen LogP contribution is 1.76. The van der Waals surface area contributed by atoms with Crippen LogP contribution in [0.15, 0.2) is 30.5 Å². The summed E-state index contributed by atoms with van der Waals surface area (Å²) in [5.74, 6) is 0.886. The Kier molecular flexibility index (Phi) is 4.00. The molecular formula is C11H12IN2+. The number of rotatable bonds is 0. The third kappa shape index (κ3) is 3.06. The number of aryl methyl sites for hydroxylation is 1. The normalized spacial score (nSPS) is 9.29. The van der Waals surface area contributed by atoms with E-state index in [1.165, 1.54) is 0 Å². The van der Waals surface area contributed by atoms with Crippen molar-refractivity contribution in [2.75, 3.05) is 0 Å². The second-order valence-corrected chi connectivity index (χ2v) is 3.84. The molecule has 2 nitrogen and oxygen atoms in total. The molecule has 0 aliphatic heterocycles. The highest BCUT2D eigenvalue weighted by atomic mass is 127. The van der Waals surface area contributed by atoms with Gasteiger partial charge in [0, 0.05) is 12.1 Å². The maximum atomic E-state index is 4.26. The van der Waals surface area contributed by atoms with Gasteiger partial charge in [-0.25, -0.2) is 0 Å². The Balaban J connectivity index is 3.63. The van der Waals surface area contributed by atoms with Crippen molar-refractivity contribution < 1.29 is 2.78 Å². The van der Waals surface area contributed by atoms with Crippen LogP contribution in [0.5, 0.6) is 0 Å². The summed E-state index contributed by atoms with van der Waals surface area (Å²) in [5, 5.41) is 1.78. The van der Waals surface area contributed by atoms with Crippen molar-refractivity contribution in [1.29, 1.82) is 0 Å². The Hall–Kier alpha value is -0.970. The fraction of sp³-hybridized carbons (Fsp3) is 0.0909. The van der Waals surface area contributed by atoms with Gasteiger partial charge in [0.2, 0.25) is 22.9 Å². The van der Waals surface area contributed by atoms with Gasteiger partial charge < -0.3 is 0 Å². The third-order valence-corrected chi connectivity index (χ3v) is 2.98. The number of hydrogen-bond acceptors (Lipinski definition) is 1. The second kappa shape index (κ2) is 5.05. The van der Waals surface area contributed by atoms with E-state index in [1.807, 2.05) is 34.0 Å². The number of hydrogen-bond donors (Lipinski definition) is 0. The van der Waals surface area contributed by atoms with Gasteiger partial charge in [0.05, 0.1) is 0 Å². The van der Waals surface area contributed by atoms with E-state index in [0.717, 1.165) is 16.4 Å². The minimum atomic E-state index is 0.881. The molecule has 0 aliphatic rings. The zero-order chi connectivity index (χ0) is 10.6. The molecule has 0 spiro atoms. The number of aromatic nitrogens is 2. The zero-order valence-corrected chi connectivity index (χ0v) is 10.2. The summed E-state index contributed by atoms with van der Waals surface area (Å²) in [6, 6.07) is 7.69. The monoisotopic (exact) mass is 299 g/mol. The van der Waals surface area contributed by atoms with E-state index in [0.29, 0.717) is 0 Å². The summed E-state index contributed by atoms with van der Waals surface area (Å²) in [6.45, 7) is 9.69. The van der Waals surface area contributed by atoms with Crippen LogP contribution in [0.25, 0.3) is 13.2 Å². The van der Waals surface area contributed by atoms with Gasteiger partial charge in [-0.05, 0) is 6.07 Å². The van der Waals surface area contributed by atoms with Crippen LogP contribution in [0.1, 0.15) is 5.82 Å². The molecule has 1 rings (SSSR count). The molecule has 0 fully saturated rings. The molecule has 1 aromatic rings. The van der Waals surface area contributed by atoms with Crippen molar-refractivity contribution in [3.8, 4) is 0 Å². The summed E-state index contributed by atoms with van der Waals surface area (Å²) >= 11 is 2.17. The standard InChI is InChI=1S/C11H12IN2/c1-9-6-4-5-7-10(2)14(12)11(3)13-8-9/h4-8H,1-2H2,3H3/q+1. The van der Waals surface area contributed by atoms with Crippen LogP contribution in [-0.2, 0) is 0 Å². The van der Waals surface area contributed by atoms with Crippen molar-refractivity contribution in [3.05, 3.63) is 46.9 Å². The summed E-state index contributed by atoms with van der Waals surface area (Å²) in [5.41, 5.74) is 0. The summed E-state index contributed by atoms with van der Waals surface area (Å²) < 4.78 is 1.90. The molecule has 0 amide bonds. The quantitative estimate of drug-likeness (QED) is 0.648. The van der Waals surface area contributed by atoms with Crippen molar-refractivity contribution in [2.24, 2.45) is 0 Å². The topological polar surface area (TPSA) is 16.8 Å². The van der Waals surface area contributed by atoms with E-state index >= 15 is 0 Å². The van der Waals surface area contributed by atoms with Crippen LogP contribution >= 0.6 is 22.9 Å². The highest BCUT2D eigenvalue weighted by molar-refractivity contribution is 14.1. The molecule has 0 saturated heterocycles. The van der Waals surface area contributed by atoms with Gasteiger partial charge in [-0.3, -0.25) is 0 Å². The Morgan fingerprint density at radius 3 is 2.64 bits per heavy atom. The maximum Gasteiger partial charge on any atom is 0.304 e. The highest BCUT2D eigenvalue weighted by Gasteiger charge is 1.97. The van der Waals surface area contributed by atoms with Gasteiger partial charge in [-0.1, -0.05) is 36.3 Å². The number of halogens is 1. The third-order valence-electron chi connectivity index (χ3n) is 1.66. The van der Waals surface area contributed by atoms with E-state index in [-0.39, 0.29) is 0 Å². The lowest BCUT2D eigenvalue weighted by Gasteiger charge is -1.84. The molecule has 0 unspecified atom stereocenters. The average molecular weight is 299 g/mol. The van der Waals surface area contributed by atoms with Crippen molar-refractivity contribution >= 4 is 36.0 Å². The molecular weight excluding hydrogens is 287 g/mol. The van der Waals surface area contributed by atoms with Crippen molar-refractivity contribution in [2.45, 2.75) is 6.92 Å². The molecule has 0 bridgehead atoms. The molecule has 1 aromatic heterocycles. The molecule has 14 heavy (non-hydrogen) atoms. The van der Waals surface area contributed by atoms with E-state index in [2.05, 4.69) is 41.0 Å². The zero-order valence-electron chi connectivity index (χ0n) is 8.07. The van der Waals surface area contributed by atoms with E-state index in [4.69, 9.17) is 0 Å². The van der Waals surface area contributed by atoms with Crippen LogP contribution in [0.2, 0.25) is 0 Å². The first kappa shape index (κ1) is 11.1. The van der Waals surface area contributed by atoms with Crippen LogP contribution in [0, 0.1) is 6.92 Å². The smallest absolute Gasteiger partial charge is 0.168 e. The molecule has 0 N–H and O–H groups in total. The Morgan fingerprint density at radius 2 is 1.93 bits per heavy atom. The predicted octanol–water partition coefficient (Wildman–Crippen LogP) is 0.821. The fourth-order valence-corrected chi connectivity index (χ4v) is 1.17. The SMILES string of the molecule is C=c1ccccc(=C)[n+](I)c(C)nc1. The summed E-state index contributed by atoms with van der Waals surface area (Å²) in [4.78, 5) is 4.26. The molecule has 0 radical (unpaired) electrons. The van der Waals surface area contributed by atoms with Crippen molar-refractivity contribution in [3.63, 3.8) is 0 Å². The Morgan fingerprint density at radius 1 is 1.29 bits per heavy atom. The Labute approximate surface area is 97.5 Å². The van der Waals surface area contributed by atoms with Gasteiger partial charge in [0.1, 0.15) is 11.5 Å². The van der Waals surface area contributed by atoms with Gasteiger partial charge >= 0.3 is 5.82 Å². The molecule has 1 heterocycles. The van der Waals surface area contributed by atoms with Crippen molar-refractivity contribution in [1.82, 2.24) is 4.98 Å². The molecule has 72 valence electrons. The average Bonchev–Trinajstić information content (AvgIpc) is 2.18. The van der Waals surface area contributed by atoms with E-state index in [1.54, 1.807) is 6.20 Å². The summed E-state index contributed by atoms with van der Waals surface area (Å²) in [7, 11) is 0. The van der Waals surface area contributed by atoms with Crippen LogP contribution in [0.4, 0.5) is 0 Å². The number of nitrogens with zero attached hydrogens (tertiary/aromatic N) is 2. The first-order valence-electron chi connectivity index (χ1n) is 4.17. The van der Waals surface area contributed by atoms with Gasteiger partial charge in [-0.2, -0.15) is 2.78 Å².